The van der Waals surface area contributed by atoms with E-state index in [4.69, 9.17) is 16.3 Å². The third-order valence-electron chi connectivity index (χ3n) is 2.41. The van der Waals surface area contributed by atoms with Gasteiger partial charge < -0.3 is 4.74 Å². The molecule has 0 amide bonds. The zero-order chi connectivity index (χ0) is 13.8. The standard InChI is InChI=1S/C13H9ClFNO3/c14-12-7-11(4-5-13(12)16(17)18)19-8-9-2-1-3-10(15)6-9/h1-7H,8H2. The molecule has 0 atom stereocenters. The van der Waals surface area contributed by atoms with Gasteiger partial charge in [0.15, 0.2) is 0 Å². The number of nitrogens with zero attached hydrogens (tertiary/aromatic N) is 1. The highest BCUT2D eigenvalue weighted by atomic mass is 35.5. The van der Waals surface area contributed by atoms with Crippen molar-refractivity contribution in [1.29, 1.82) is 0 Å². The van der Waals surface area contributed by atoms with E-state index < -0.39 is 4.92 Å². The van der Waals surface area contributed by atoms with Gasteiger partial charge in [0.05, 0.1) is 4.92 Å². The zero-order valence-electron chi connectivity index (χ0n) is 9.68. The number of hydrogen-bond donors (Lipinski definition) is 0. The van der Waals surface area contributed by atoms with Gasteiger partial charge in [-0.15, -0.1) is 0 Å². The van der Waals surface area contributed by atoms with E-state index in [0.717, 1.165) is 0 Å². The molecule has 0 saturated carbocycles. The third-order valence-corrected chi connectivity index (χ3v) is 2.71. The van der Waals surface area contributed by atoms with Crippen LogP contribution in [0.3, 0.4) is 0 Å². The summed E-state index contributed by atoms with van der Waals surface area (Å²) in [5, 5.41) is 10.6. The van der Waals surface area contributed by atoms with E-state index in [1.165, 1.54) is 30.3 Å². The minimum absolute atomic E-state index is 0.00161. The minimum Gasteiger partial charge on any atom is -0.489 e. The lowest BCUT2D eigenvalue weighted by Gasteiger charge is -2.06. The quantitative estimate of drug-likeness (QED) is 0.629. The van der Waals surface area contributed by atoms with Gasteiger partial charge in [-0.2, -0.15) is 0 Å². The molecule has 0 aliphatic heterocycles. The van der Waals surface area contributed by atoms with Crippen molar-refractivity contribution in [3.05, 3.63) is 69.0 Å². The molecular weight excluding hydrogens is 273 g/mol. The number of halogens is 2. The Morgan fingerprint density at radius 2 is 2.05 bits per heavy atom. The normalized spacial score (nSPS) is 10.2. The van der Waals surface area contributed by atoms with Crippen molar-refractivity contribution in [1.82, 2.24) is 0 Å². The number of nitro groups is 1. The smallest absolute Gasteiger partial charge is 0.288 e. The van der Waals surface area contributed by atoms with Gasteiger partial charge in [0.2, 0.25) is 0 Å². The fraction of sp³-hybridized carbons (Fsp3) is 0.0769. The van der Waals surface area contributed by atoms with Crippen LogP contribution in [-0.2, 0) is 6.61 Å². The van der Waals surface area contributed by atoms with Crippen LogP contribution in [0.15, 0.2) is 42.5 Å². The molecule has 98 valence electrons. The lowest BCUT2D eigenvalue weighted by atomic mass is 10.2. The van der Waals surface area contributed by atoms with E-state index >= 15 is 0 Å². The van der Waals surface area contributed by atoms with Crippen LogP contribution in [0.2, 0.25) is 5.02 Å². The molecule has 0 N–H and O–H groups in total. The Hall–Kier alpha value is -2.14. The average molecular weight is 282 g/mol. The van der Waals surface area contributed by atoms with Gasteiger partial charge in [-0.1, -0.05) is 23.7 Å². The van der Waals surface area contributed by atoms with Gasteiger partial charge in [-0.05, 0) is 23.8 Å². The Labute approximate surface area is 113 Å². The fourth-order valence-electron chi connectivity index (χ4n) is 1.52. The maximum atomic E-state index is 12.9. The predicted octanol–water partition coefficient (Wildman–Crippen LogP) is 3.97. The van der Waals surface area contributed by atoms with Crippen LogP contribution in [0.5, 0.6) is 5.75 Å². The molecule has 19 heavy (non-hydrogen) atoms. The summed E-state index contributed by atoms with van der Waals surface area (Å²) in [6.07, 6.45) is 0. The molecule has 0 radical (unpaired) electrons. The fourth-order valence-corrected chi connectivity index (χ4v) is 1.76. The van der Waals surface area contributed by atoms with E-state index in [2.05, 4.69) is 0 Å². The largest absolute Gasteiger partial charge is 0.489 e. The molecular formula is C13H9ClFNO3. The highest BCUT2D eigenvalue weighted by Gasteiger charge is 2.12. The maximum Gasteiger partial charge on any atom is 0.288 e. The molecule has 6 heteroatoms. The van der Waals surface area contributed by atoms with Gasteiger partial charge in [0.25, 0.3) is 5.69 Å². The Balaban J connectivity index is 2.08. The predicted molar refractivity (Wildman–Crippen MR) is 68.8 cm³/mol. The second-order valence-corrected chi connectivity index (χ2v) is 4.20. The second-order valence-electron chi connectivity index (χ2n) is 3.79. The molecule has 0 spiro atoms. The number of hydrogen-bond acceptors (Lipinski definition) is 3. The first-order chi connectivity index (χ1) is 9.06. The summed E-state index contributed by atoms with van der Waals surface area (Å²) in [7, 11) is 0. The van der Waals surface area contributed by atoms with E-state index in [1.54, 1.807) is 12.1 Å². The van der Waals surface area contributed by atoms with Gasteiger partial charge in [0.1, 0.15) is 23.2 Å². The second kappa shape index (κ2) is 5.67. The summed E-state index contributed by atoms with van der Waals surface area (Å²) in [5.74, 6) is 0.0442. The van der Waals surface area contributed by atoms with Crippen LogP contribution in [0, 0.1) is 15.9 Å². The molecule has 0 bridgehead atoms. The van der Waals surface area contributed by atoms with Crippen molar-refractivity contribution in [2.45, 2.75) is 6.61 Å². The Morgan fingerprint density at radius 1 is 1.26 bits per heavy atom. The van der Waals surface area contributed by atoms with E-state index in [-0.39, 0.29) is 23.1 Å². The summed E-state index contributed by atoms with van der Waals surface area (Å²) >= 11 is 5.75. The number of ether oxygens (including phenoxy) is 1. The summed E-state index contributed by atoms with van der Waals surface area (Å²) in [6, 6.07) is 10.1. The van der Waals surface area contributed by atoms with E-state index in [0.29, 0.717) is 11.3 Å². The first-order valence-corrected chi connectivity index (χ1v) is 5.75. The Bertz CT molecular complexity index is 619. The highest BCUT2D eigenvalue weighted by Crippen LogP contribution is 2.28. The molecule has 0 aliphatic rings. The van der Waals surface area contributed by atoms with Crippen molar-refractivity contribution in [2.75, 3.05) is 0 Å². The van der Waals surface area contributed by atoms with Gasteiger partial charge >= 0.3 is 0 Å². The van der Waals surface area contributed by atoms with E-state index in [9.17, 15) is 14.5 Å². The zero-order valence-corrected chi connectivity index (χ0v) is 10.4. The third kappa shape index (κ3) is 3.42. The van der Waals surface area contributed by atoms with Crippen molar-refractivity contribution in [3.8, 4) is 5.75 Å². The lowest BCUT2D eigenvalue weighted by molar-refractivity contribution is -0.384. The molecule has 0 saturated heterocycles. The van der Waals surface area contributed by atoms with Crippen molar-refractivity contribution in [3.63, 3.8) is 0 Å². The first-order valence-electron chi connectivity index (χ1n) is 5.37. The van der Waals surface area contributed by atoms with E-state index in [1.807, 2.05) is 0 Å². The monoisotopic (exact) mass is 281 g/mol. The van der Waals surface area contributed by atoms with Crippen LogP contribution >= 0.6 is 11.6 Å². The van der Waals surface area contributed by atoms with Crippen LogP contribution in [0.1, 0.15) is 5.56 Å². The van der Waals surface area contributed by atoms with Crippen LogP contribution in [0.4, 0.5) is 10.1 Å². The number of benzene rings is 2. The highest BCUT2D eigenvalue weighted by molar-refractivity contribution is 6.32. The molecule has 2 aromatic carbocycles. The van der Waals surface area contributed by atoms with Gasteiger partial charge in [-0.25, -0.2) is 4.39 Å². The Morgan fingerprint density at radius 3 is 2.68 bits per heavy atom. The maximum absolute atomic E-state index is 12.9. The molecule has 0 unspecified atom stereocenters. The molecule has 0 heterocycles. The summed E-state index contributed by atoms with van der Waals surface area (Å²) in [5.41, 5.74) is 0.481. The molecule has 0 fully saturated rings. The van der Waals surface area contributed by atoms with Crippen molar-refractivity contribution in [2.24, 2.45) is 0 Å². The summed E-state index contributed by atoms with van der Waals surface area (Å²) < 4.78 is 18.3. The average Bonchev–Trinajstić information content (AvgIpc) is 2.36. The van der Waals surface area contributed by atoms with Crippen LogP contribution < -0.4 is 4.74 Å². The molecule has 0 aromatic heterocycles. The van der Waals surface area contributed by atoms with Gasteiger partial charge in [0, 0.05) is 12.1 Å². The van der Waals surface area contributed by atoms with Gasteiger partial charge in [-0.3, -0.25) is 10.1 Å². The summed E-state index contributed by atoms with van der Waals surface area (Å²) in [6.45, 7) is 0.159. The topological polar surface area (TPSA) is 52.4 Å². The molecule has 2 rings (SSSR count). The minimum atomic E-state index is -0.571. The molecule has 2 aromatic rings. The first kappa shape index (κ1) is 13.3. The number of rotatable bonds is 4. The lowest BCUT2D eigenvalue weighted by Crippen LogP contribution is -1.96. The number of nitro benzene ring substituents is 1. The SMILES string of the molecule is O=[N+]([O-])c1ccc(OCc2cccc(F)c2)cc1Cl. The molecule has 4 nitrogen and oxygen atoms in total. The van der Waals surface area contributed by atoms with Crippen LogP contribution in [-0.4, -0.2) is 4.92 Å². The Kier molecular flexibility index (Phi) is 3.97. The van der Waals surface area contributed by atoms with Crippen molar-refractivity contribution >= 4 is 17.3 Å². The van der Waals surface area contributed by atoms with Crippen LogP contribution in [0.25, 0.3) is 0 Å². The van der Waals surface area contributed by atoms with Crippen molar-refractivity contribution < 1.29 is 14.1 Å². The summed E-state index contributed by atoms with van der Waals surface area (Å²) in [4.78, 5) is 10.0. The molecule has 0 aliphatic carbocycles.